The molecule has 0 spiro atoms. The molecule has 7 heteroatoms. The van der Waals surface area contributed by atoms with Crippen LogP contribution >= 0.6 is 0 Å². The number of hydrogen-bond acceptors (Lipinski definition) is 5. The molecule has 2 aromatic carbocycles. The third-order valence-electron chi connectivity index (χ3n) is 7.20. The summed E-state index contributed by atoms with van der Waals surface area (Å²) >= 11 is 0. The molecule has 2 saturated heterocycles. The number of piperidine rings is 1. The van der Waals surface area contributed by atoms with Gasteiger partial charge in [0.25, 0.3) is 5.91 Å². The van der Waals surface area contributed by atoms with Crippen molar-refractivity contribution >= 4 is 22.9 Å². The Balaban J connectivity index is 1.36. The van der Waals surface area contributed by atoms with Gasteiger partial charge in [-0.3, -0.25) is 15.0 Å². The minimum Gasteiger partial charge on any atom is -0.496 e. The van der Waals surface area contributed by atoms with Gasteiger partial charge in [0.2, 0.25) is 0 Å². The van der Waals surface area contributed by atoms with Crippen LogP contribution in [0.2, 0.25) is 0 Å². The zero-order valence-electron chi connectivity index (χ0n) is 19.2. The predicted molar refractivity (Wildman–Crippen MR) is 126 cm³/mol. The van der Waals surface area contributed by atoms with Crippen LogP contribution in [0.25, 0.3) is 22.1 Å². The van der Waals surface area contributed by atoms with Crippen molar-refractivity contribution in [2.75, 3.05) is 20.2 Å². The van der Waals surface area contributed by atoms with E-state index in [4.69, 9.17) is 9.15 Å². The summed E-state index contributed by atoms with van der Waals surface area (Å²) in [5.41, 5.74) is 3.34. The molecule has 1 atom stereocenters. The minimum atomic E-state index is -0.820. The Hall–Kier alpha value is -3.32. The second-order valence-corrected chi connectivity index (χ2v) is 9.22. The highest BCUT2D eigenvalue weighted by Crippen LogP contribution is 2.39. The summed E-state index contributed by atoms with van der Waals surface area (Å²) in [5, 5.41) is 6.25. The molecule has 3 heterocycles. The SMILES string of the molecule is COc1cc2c(-c3ccccc3)c(C)oc2cc1CN1CCC([C@@]2(C)NC(=O)NC2=O)CC1. The molecule has 3 amide bonds. The number of nitrogens with zero attached hydrogens (tertiary/aromatic N) is 1. The zero-order valence-corrected chi connectivity index (χ0v) is 19.2. The van der Waals surface area contributed by atoms with Gasteiger partial charge < -0.3 is 14.5 Å². The summed E-state index contributed by atoms with van der Waals surface area (Å²) in [6.45, 7) is 6.25. The van der Waals surface area contributed by atoms with Crippen LogP contribution in [0, 0.1) is 12.8 Å². The van der Waals surface area contributed by atoms with Crippen LogP contribution in [-0.4, -0.2) is 42.6 Å². The Bertz CT molecular complexity index is 1210. The second-order valence-electron chi connectivity index (χ2n) is 9.22. The maximum Gasteiger partial charge on any atom is 0.322 e. The zero-order chi connectivity index (χ0) is 23.2. The molecule has 0 saturated carbocycles. The van der Waals surface area contributed by atoms with Gasteiger partial charge in [-0.05, 0) is 63.4 Å². The molecule has 0 unspecified atom stereocenters. The number of benzene rings is 2. The highest BCUT2D eigenvalue weighted by molar-refractivity contribution is 6.07. The maximum atomic E-state index is 12.3. The summed E-state index contributed by atoms with van der Waals surface area (Å²) in [6.07, 6.45) is 1.68. The summed E-state index contributed by atoms with van der Waals surface area (Å²) in [5.74, 6) is 1.63. The largest absolute Gasteiger partial charge is 0.496 e. The van der Waals surface area contributed by atoms with E-state index >= 15 is 0 Å². The average molecular weight is 448 g/mol. The summed E-state index contributed by atoms with van der Waals surface area (Å²) in [4.78, 5) is 26.3. The van der Waals surface area contributed by atoms with Crippen LogP contribution in [0.15, 0.2) is 46.9 Å². The molecule has 33 heavy (non-hydrogen) atoms. The van der Waals surface area contributed by atoms with Gasteiger partial charge >= 0.3 is 6.03 Å². The summed E-state index contributed by atoms with van der Waals surface area (Å²) in [6, 6.07) is 14.0. The Labute approximate surface area is 193 Å². The van der Waals surface area contributed by atoms with E-state index in [0.29, 0.717) is 0 Å². The normalized spacial score (nSPS) is 21.9. The Morgan fingerprint density at radius 1 is 1.15 bits per heavy atom. The first-order valence-corrected chi connectivity index (χ1v) is 11.4. The predicted octanol–water partition coefficient (Wildman–Crippen LogP) is 4.23. The Kier molecular flexibility index (Phi) is 5.37. The summed E-state index contributed by atoms with van der Waals surface area (Å²) in [7, 11) is 1.70. The van der Waals surface area contributed by atoms with E-state index in [0.717, 1.165) is 71.6 Å². The van der Waals surface area contributed by atoms with Crippen LogP contribution < -0.4 is 15.4 Å². The number of rotatable bonds is 5. The van der Waals surface area contributed by atoms with Crippen LogP contribution in [0.4, 0.5) is 4.79 Å². The van der Waals surface area contributed by atoms with Gasteiger partial charge in [-0.25, -0.2) is 4.79 Å². The quantitative estimate of drug-likeness (QED) is 0.572. The van der Waals surface area contributed by atoms with Crippen LogP contribution in [0.3, 0.4) is 0 Å². The van der Waals surface area contributed by atoms with Gasteiger partial charge in [0.05, 0.1) is 7.11 Å². The van der Waals surface area contributed by atoms with Crippen LogP contribution in [-0.2, 0) is 11.3 Å². The van der Waals surface area contributed by atoms with E-state index in [9.17, 15) is 9.59 Å². The number of amides is 3. The van der Waals surface area contributed by atoms with E-state index in [1.807, 2.05) is 32.0 Å². The Morgan fingerprint density at radius 2 is 1.88 bits per heavy atom. The van der Waals surface area contributed by atoms with Crippen molar-refractivity contribution in [3.8, 4) is 16.9 Å². The van der Waals surface area contributed by atoms with Crippen molar-refractivity contribution in [1.82, 2.24) is 15.5 Å². The average Bonchev–Trinajstić information content (AvgIpc) is 3.27. The first-order valence-electron chi connectivity index (χ1n) is 11.4. The molecule has 7 nitrogen and oxygen atoms in total. The summed E-state index contributed by atoms with van der Waals surface area (Å²) < 4.78 is 11.9. The Morgan fingerprint density at radius 3 is 2.52 bits per heavy atom. The number of methoxy groups -OCH3 is 1. The van der Waals surface area contributed by atoms with Crippen molar-refractivity contribution in [2.45, 2.75) is 38.8 Å². The van der Waals surface area contributed by atoms with E-state index < -0.39 is 11.6 Å². The van der Waals surface area contributed by atoms with Crippen molar-refractivity contribution in [2.24, 2.45) is 5.92 Å². The third-order valence-corrected chi connectivity index (χ3v) is 7.20. The number of hydrogen-bond donors (Lipinski definition) is 2. The fraction of sp³-hybridized carbons (Fsp3) is 0.385. The van der Waals surface area contributed by atoms with Gasteiger partial charge in [-0.2, -0.15) is 0 Å². The topological polar surface area (TPSA) is 83.8 Å². The lowest BCUT2D eigenvalue weighted by Crippen LogP contribution is -2.53. The molecule has 2 N–H and O–H groups in total. The van der Waals surface area contributed by atoms with Crippen molar-refractivity contribution < 1.29 is 18.7 Å². The van der Waals surface area contributed by atoms with Gasteiger partial charge in [0, 0.05) is 23.1 Å². The fourth-order valence-corrected chi connectivity index (χ4v) is 5.32. The standard InChI is InChI=1S/C26H29N3O4/c1-16-23(17-7-5-4-6-8-17)20-14-21(32-3)18(13-22(20)33-16)15-29-11-9-19(10-12-29)26(2)24(30)27-25(31)28-26/h4-8,13-14,19H,9-12,15H2,1-3H3,(H2,27,28,30,31)/t26-/m1/s1. The monoisotopic (exact) mass is 447 g/mol. The molecule has 3 aromatic rings. The number of urea groups is 1. The van der Waals surface area contributed by atoms with Crippen molar-refractivity contribution in [3.05, 3.63) is 53.8 Å². The molecular weight excluding hydrogens is 418 g/mol. The van der Waals surface area contributed by atoms with Crippen LogP contribution in [0.1, 0.15) is 31.1 Å². The highest BCUT2D eigenvalue weighted by Gasteiger charge is 2.48. The number of ether oxygens (including phenoxy) is 1. The number of imide groups is 1. The van der Waals surface area contributed by atoms with E-state index in [-0.39, 0.29) is 11.8 Å². The maximum absolute atomic E-state index is 12.3. The number of likely N-dealkylation sites (tertiary alicyclic amines) is 1. The number of fused-ring (bicyclic) bond motifs is 1. The van der Waals surface area contributed by atoms with E-state index in [1.54, 1.807) is 7.11 Å². The molecule has 0 radical (unpaired) electrons. The van der Waals surface area contributed by atoms with Crippen LogP contribution in [0.5, 0.6) is 5.75 Å². The molecule has 5 rings (SSSR count). The molecule has 2 fully saturated rings. The molecule has 172 valence electrons. The van der Waals surface area contributed by atoms with Crippen molar-refractivity contribution in [1.29, 1.82) is 0 Å². The molecule has 2 aliphatic rings. The second kappa shape index (κ2) is 8.23. The number of carbonyl (C=O) groups is 2. The molecule has 1 aromatic heterocycles. The van der Waals surface area contributed by atoms with Gasteiger partial charge in [0.1, 0.15) is 22.6 Å². The minimum absolute atomic E-state index is 0.116. The van der Waals surface area contributed by atoms with Gasteiger partial charge in [0.15, 0.2) is 0 Å². The fourth-order valence-electron chi connectivity index (χ4n) is 5.32. The highest BCUT2D eigenvalue weighted by atomic mass is 16.5. The van der Waals surface area contributed by atoms with Gasteiger partial charge in [-0.1, -0.05) is 30.3 Å². The lowest BCUT2D eigenvalue weighted by Gasteiger charge is -2.38. The number of furan rings is 1. The molecular formula is C26H29N3O4. The van der Waals surface area contributed by atoms with Gasteiger partial charge in [-0.15, -0.1) is 0 Å². The smallest absolute Gasteiger partial charge is 0.322 e. The third kappa shape index (κ3) is 3.76. The number of aryl methyl sites for hydroxylation is 1. The number of carbonyl (C=O) groups excluding carboxylic acids is 2. The molecule has 2 aliphatic heterocycles. The first kappa shape index (κ1) is 21.5. The van der Waals surface area contributed by atoms with Crippen molar-refractivity contribution in [3.63, 3.8) is 0 Å². The lowest BCUT2D eigenvalue weighted by atomic mass is 9.79. The first-order chi connectivity index (χ1) is 15.9. The molecule has 0 bridgehead atoms. The lowest BCUT2D eigenvalue weighted by molar-refractivity contribution is -0.125. The molecule has 0 aliphatic carbocycles. The number of nitrogens with one attached hydrogen (secondary N) is 2. The van der Waals surface area contributed by atoms with E-state index in [2.05, 4.69) is 39.8 Å². The van der Waals surface area contributed by atoms with E-state index in [1.165, 1.54) is 0 Å².